The van der Waals surface area contributed by atoms with Gasteiger partial charge in [0.1, 0.15) is 5.82 Å². The molecule has 3 N–H and O–H groups in total. The molecule has 0 aliphatic heterocycles. The normalized spacial score (nSPS) is 9.30. The Balaban J connectivity index is 0.00000180. The summed E-state index contributed by atoms with van der Waals surface area (Å²) in [6.45, 7) is 2.20. The number of amides is 1. The van der Waals surface area contributed by atoms with Crippen LogP contribution in [0.15, 0.2) is 30.7 Å². The minimum atomic E-state index is -0.121. The first kappa shape index (κ1) is 18.4. The van der Waals surface area contributed by atoms with E-state index in [0.29, 0.717) is 18.1 Å². The molecular formula is C12H17Cl2N5O. The molecule has 0 aliphatic carbocycles. The topological polar surface area (TPSA) is 85.8 Å². The lowest BCUT2D eigenvalue weighted by Crippen LogP contribution is -2.17. The van der Waals surface area contributed by atoms with Crippen molar-refractivity contribution in [2.75, 3.05) is 11.9 Å². The van der Waals surface area contributed by atoms with Gasteiger partial charge in [-0.2, -0.15) is 0 Å². The zero-order valence-electron chi connectivity index (χ0n) is 10.9. The highest BCUT2D eigenvalue weighted by molar-refractivity contribution is 5.92. The standard InChI is InChI=1S/C12H15N5O.2ClH/c1-9-14-7-8-17(9)12-10(3-2-6-15-12)16-11(18)4-5-13;;/h2-3,6-8H,4-5,13H2,1H3,(H,16,18);2*1H. The zero-order valence-corrected chi connectivity index (χ0v) is 12.6. The van der Waals surface area contributed by atoms with E-state index < -0.39 is 0 Å². The van der Waals surface area contributed by atoms with Crippen LogP contribution in [0.1, 0.15) is 12.2 Å². The van der Waals surface area contributed by atoms with Crippen LogP contribution < -0.4 is 11.1 Å². The number of nitrogens with two attached hydrogens (primary N) is 1. The summed E-state index contributed by atoms with van der Waals surface area (Å²) in [5.74, 6) is 1.34. The Morgan fingerprint density at radius 1 is 1.35 bits per heavy atom. The summed E-state index contributed by atoms with van der Waals surface area (Å²) in [4.78, 5) is 20.0. The molecule has 0 unspecified atom stereocenters. The van der Waals surface area contributed by atoms with E-state index in [2.05, 4.69) is 15.3 Å². The second-order valence-electron chi connectivity index (χ2n) is 3.81. The van der Waals surface area contributed by atoms with Crippen LogP contribution in [-0.2, 0) is 4.79 Å². The molecule has 1 amide bonds. The second-order valence-corrected chi connectivity index (χ2v) is 3.81. The molecule has 0 spiro atoms. The lowest BCUT2D eigenvalue weighted by Gasteiger charge is -2.11. The smallest absolute Gasteiger partial charge is 0.225 e. The van der Waals surface area contributed by atoms with Gasteiger partial charge in [-0.3, -0.25) is 9.36 Å². The van der Waals surface area contributed by atoms with Gasteiger partial charge in [0.15, 0.2) is 5.82 Å². The van der Waals surface area contributed by atoms with Crippen LogP contribution in [0.25, 0.3) is 5.82 Å². The summed E-state index contributed by atoms with van der Waals surface area (Å²) in [5.41, 5.74) is 6.00. The fraction of sp³-hybridized carbons (Fsp3) is 0.250. The fourth-order valence-corrected chi connectivity index (χ4v) is 1.63. The van der Waals surface area contributed by atoms with Crippen molar-refractivity contribution < 1.29 is 4.79 Å². The van der Waals surface area contributed by atoms with E-state index >= 15 is 0 Å². The summed E-state index contributed by atoms with van der Waals surface area (Å²) in [5, 5.41) is 2.80. The third-order valence-electron chi connectivity index (χ3n) is 2.49. The van der Waals surface area contributed by atoms with Crippen LogP contribution >= 0.6 is 24.8 Å². The van der Waals surface area contributed by atoms with Crippen LogP contribution in [0.5, 0.6) is 0 Å². The van der Waals surface area contributed by atoms with E-state index in [0.717, 1.165) is 5.82 Å². The largest absolute Gasteiger partial charge is 0.330 e. The average molecular weight is 318 g/mol. The molecule has 0 aromatic carbocycles. The van der Waals surface area contributed by atoms with Gasteiger partial charge in [-0.15, -0.1) is 24.8 Å². The third-order valence-corrected chi connectivity index (χ3v) is 2.49. The van der Waals surface area contributed by atoms with Crippen molar-refractivity contribution >= 4 is 36.4 Å². The Hall–Kier alpha value is -1.63. The quantitative estimate of drug-likeness (QED) is 0.898. The SMILES string of the molecule is Cc1nccn1-c1ncccc1NC(=O)CCN.Cl.Cl. The summed E-state index contributed by atoms with van der Waals surface area (Å²) in [6, 6.07) is 3.57. The molecule has 6 nitrogen and oxygen atoms in total. The number of halogens is 2. The summed E-state index contributed by atoms with van der Waals surface area (Å²) >= 11 is 0. The van der Waals surface area contributed by atoms with E-state index in [1.54, 1.807) is 30.7 Å². The number of nitrogens with zero attached hydrogens (tertiary/aromatic N) is 3. The number of imidazole rings is 1. The number of hydrogen-bond acceptors (Lipinski definition) is 4. The Labute approximate surface area is 129 Å². The first-order chi connectivity index (χ1) is 8.72. The van der Waals surface area contributed by atoms with E-state index in [1.165, 1.54) is 0 Å². The highest BCUT2D eigenvalue weighted by Crippen LogP contribution is 2.18. The predicted octanol–water partition coefficient (Wildman–Crippen LogP) is 1.71. The van der Waals surface area contributed by atoms with Crippen molar-refractivity contribution in [1.82, 2.24) is 14.5 Å². The van der Waals surface area contributed by atoms with Crippen molar-refractivity contribution in [3.8, 4) is 5.82 Å². The molecule has 0 aliphatic rings. The maximum atomic E-state index is 11.6. The molecule has 2 aromatic rings. The molecule has 0 atom stereocenters. The first-order valence-electron chi connectivity index (χ1n) is 5.67. The van der Waals surface area contributed by atoms with E-state index in [1.807, 2.05) is 11.5 Å². The number of pyridine rings is 1. The number of nitrogens with one attached hydrogen (secondary N) is 1. The molecule has 0 saturated carbocycles. The summed E-state index contributed by atoms with van der Waals surface area (Å²) < 4.78 is 1.82. The molecule has 0 bridgehead atoms. The van der Waals surface area contributed by atoms with Crippen LogP contribution in [0.4, 0.5) is 5.69 Å². The minimum absolute atomic E-state index is 0. The van der Waals surface area contributed by atoms with Gasteiger partial charge in [0, 0.05) is 31.6 Å². The Morgan fingerprint density at radius 3 is 2.70 bits per heavy atom. The summed E-state index contributed by atoms with van der Waals surface area (Å²) in [6.07, 6.45) is 5.45. The number of rotatable bonds is 4. The highest BCUT2D eigenvalue weighted by Gasteiger charge is 2.10. The monoisotopic (exact) mass is 317 g/mol. The number of carbonyl (C=O) groups excluding carboxylic acids is 1. The molecular weight excluding hydrogens is 301 g/mol. The lowest BCUT2D eigenvalue weighted by atomic mass is 10.3. The van der Waals surface area contributed by atoms with Crippen molar-refractivity contribution in [3.63, 3.8) is 0 Å². The number of aryl methyl sites for hydroxylation is 1. The maximum Gasteiger partial charge on any atom is 0.225 e. The molecule has 8 heteroatoms. The van der Waals surface area contributed by atoms with Gasteiger partial charge >= 0.3 is 0 Å². The Kier molecular flexibility index (Phi) is 7.83. The maximum absolute atomic E-state index is 11.6. The Bertz CT molecular complexity index is 558. The van der Waals surface area contributed by atoms with E-state index in [9.17, 15) is 4.79 Å². The van der Waals surface area contributed by atoms with Gasteiger partial charge < -0.3 is 11.1 Å². The Morgan fingerprint density at radius 2 is 2.10 bits per heavy atom. The zero-order chi connectivity index (χ0) is 13.0. The van der Waals surface area contributed by atoms with Crippen LogP contribution in [-0.4, -0.2) is 27.0 Å². The van der Waals surface area contributed by atoms with Gasteiger partial charge in [0.05, 0.1) is 5.69 Å². The number of carbonyl (C=O) groups is 1. The molecule has 2 rings (SSSR count). The summed E-state index contributed by atoms with van der Waals surface area (Å²) in [7, 11) is 0. The molecule has 0 fully saturated rings. The third kappa shape index (κ3) is 4.19. The number of aromatic nitrogens is 3. The molecule has 2 heterocycles. The van der Waals surface area contributed by atoms with Gasteiger partial charge in [0.25, 0.3) is 0 Å². The van der Waals surface area contributed by atoms with E-state index in [-0.39, 0.29) is 37.1 Å². The molecule has 110 valence electrons. The minimum Gasteiger partial charge on any atom is -0.330 e. The van der Waals surface area contributed by atoms with Crippen molar-refractivity contribution in [2.45, 2.75) is 13.3 Å². The van der Waals surface area contributed by atoms with E-state index in [4.69, 9.17) is 5.73 Å². The number of hydrogen-bond donors (Lipinski definition) is 2. The number of anilines is 1. The molecule has 0 radical (unpaired) electrons. The van der Waals surface area contributed by atoms with Crippen LogP contribution in [0.3, 0.4) is 0 Å². The highest BCUT2D eigenvalue weighted by atomic mass is 35.5. The van der Waals surface area contributed by atoms with Gasteiger partial charge in [-0.05, 0) is 19.1 Å². The second kappa shape index (κ2) is 8.52. The lowest BCUT2D eigenvalue weighted by molar-refractivity contribution is -0.116. The first-order valence-corrected chi connectivity index (χ1v) is 5.67. The van der Waals surface area contributed by atoms with Gasteiger partial charge in [-0.25, -0.2) is 9.97 Å². The molecule has 0 saturated heterocycles. The predicted molar refractivity (Wildman–Crippen MR) is 82.9 cm³/mol. The average Bonchev–Trinajstić information content (AvgIpc) is 2.76. The van der Waals surface area contributed by atoms with Crippen molar-refractivity contribution in [2.24, 2.45) is 5.73 Å². The fourth-order valence-electron chi connectivity index (χ4n) is 1.63. The molecule has 2 aromatic heterocycles. The van der Waals surface area contributed by atoms with Crippen molar-refractivity contribution in [1.29, 1.82) is 0 Å². The molecule has 20 heavy (non-hydrogen) atoms. The van der Waals surface area contributed by atoms with Gasteiger partial charge in [-0.1, -0.05) is 0 Å². The van der Waals surface area contributed by atoms with Gasteiger partial charge in [0.2, 0.25) is 5.91 Å². The van der Waals surface area contributed by atoms with Crippen LogP contribution in [0.2, 0.25) is 0 Å². The van der Waals surface area contributed by atoms with Crippen LogP contribution in [0, 0.1) is 6.92 Å². The van der Waals surface area contributed by atoms with Crippen molar-refractivity contribution in [3.05, 3.63) is 36.5 Å².